The summed E-state index contributed by atoms with van der Waals surface area (Å²) in [7, 11) is 0. The summed E-state index contributed by atoms with van der Waals surface area (Å²) in [5, 5.41) is 3.34. The van der Waals surface area contributed by atoms with Gasteiger partial charge in [0.05, 0.1) is 0 Å². The van der Waals surface area contributed by atoms with Crippen molar-refractivity contribution in [1.29, 1.82) is 0 Å². The number of aryl methyl sites for hydroxylation is 2. The lowest BCUT2D eigenvalue weighted by Gasteiger charge is -2.05. The van der Waals surface area contributed by atoms with E-state index < -0.39 is 0 Å². The van der Waals surface area contributed by atoms with Crippen LogP contribution in [0.15, 0.2) is 28.7 Å². The van der Waals surface area contributed by atoms with Gasteiger partial charge >= 0.3 is 0 Å². The zero-order valence-corrected chi connectivity index (χ0v) is 12.8. The molecule has 1 heterocycles. The van der Waals surface area contributed by atoms with E-state index in [-0.39, 0.29) is 5.82 Å². The van der Waals surface area contributed by atoms with Crippen LogP contribution in [0.25, 0.3) is 0 Å². The molecule has 0 bridgehead atoms. The molecule has 0 aliphatic rings. The van der Waals surface area contributed by atoms with Gasteiger partial charge in [0.15, 0.2) is 0 Å². The van der Waals surface area contributed by atoms with Gasteiger partial charge in [-0.15, -0.1) is 0 Å². The molecule has 4 heteroatoms. The summed E-state index contributed by atoms with van der Waals surface area (Å²) in [4.78, 5) is 0. The zero-order valence-electron chi connectivity index (χ0n) is 12.8. The van der Waals surface area contributed by atoms with Crippen LogP contribution in [-0.2, 0) is 13.2 Å². The predicted molar refractivity (Wildman–Crippen MR) is 80.9 cm³/mol. The van der Waals surface area contributed by atoms with Gasteiger partial charge in [-0.05, 0) is 44.5 Å². The van der Waals surface area contributed by atoms with E-state index in [1.807, 2.05) is 13.0 Å². The second-order valence-electron chi connectivity index (χ2n) is 5.17. The van der Waals surface area contributed by atoms with E-state index in [1.165, 1.54) is 6.07 Å². The first-order chi connectivity index (χ1) is 10.1. The first kappa shape index (κ1) is 15.6. The van der Waals surface area contributed by atoms with Crippen molar-refractivity contribution in [3.63, 3.8) is 0 Å². The van der Waals surface area contributed by atoms with Crippen LogP contribution in [0.3, 0.4) is 0 Å². The van der Waals surface area contributed by atoms with Gasteiger partial charge in [-0.2, -0.15) is 0 Å². The summed E-state index contributed by atoms with van der Waals surface area (Å²) in [5.41, 5.74) is 1.75. The summed E-state index contributed by atoms with van der Waals surface area (Å²) < 4.78 is 24.7. The van der Waals surface area contributed by atoms with Gasteiger partial charge in [0.25, 0.3) is 0 Å². The van der Waals surface area contributed by atoms with Gasteiger partial charge in [0.2, 0.25) is 0 Å². The largest absolute Gasteiger partial charge is 0.486 e. The van der Waals surface area contributed by atoms with E-state index >= 15 is 0 Å². The van der Waals surface area contributed by atoms with Gasteiger partial charge in [-0.25, -0.2) is 4.39 Å². The fraction of sp³-hybridized carbons (Fsp3) is 0.412. The maximum atomic E-state index is 13.4. The van der Waals surface area contributed by atoms with Crippen molar-refractivity contribution >= 4 is 0 Å². The standard InChI is InChI=1S/C17H22FNO2/c1-4-7-19-10-14-8-16(21-13(14)3)11-20-15-6-5-12(2)17(18)9-15/h5-6,8-9,19H,4,7,10-11H2,1-3H3. The van der Waals surface area contributed by atoms with Crippen molar-refractivity contribution in [2.45, 2.75) is 40.3 Å². The Morgan fingerprint density at radius 3 is 2.76 bits per heavy atom. The van der Waals surface area contributed by atoms with Crippen LogP contribution < -0.4 is 10.1 Å². The Morgan fingerprint density at radius 2 is 2.05 bits per heavy atom. The van der Waals surface area contributed by atoms with Crippen molar-refractivity contribution in [2.75, 3.05) is 6.54 Å². The van der Waals surface area contributed by atoms with Crippen molar-refractivity contribution < 1.29 is 13.5 Å². The monoisotopic (exact) mass is 291 g/mol. The Balaban J connectivity index is 1.93. The van der Waals surface area contributed by atoms with Crippen molar-refractivity contribution in [1.82, 2.24) is 5.32 Å². The SMILES string of the molecule is CCCNCc1cc(COc2ccc(C)c(F)c2)oc1C. The highest BCUT2D eigenvalue weighted by atomic mass is 19.1. The molecule has 1 aromatic heterocycles. The first-order valence-electron chi connectivity index (χ1n) is 7.28. The molecule has 0 radical (unpaired) electrons. The summed E-state index contributed by atoms with van der Waals surface area (Å²) in [6.45, 7) is 7.89. The van der Waals surface area contributed by atoms with Gasteiger partial charge in [-0.3, -0.25) is 0 Å². The molecular weight excluding hydrogens is 269 g/mol. The molecule has 0 atom stereocenters. The quantitative estimate of drug-likeness (QED) is 0.779. The highest BCUT2D eigenvalue weighted by molar-refractivity contribution is 5.28. The van der Waals surface area contributed by atoms with Crippen LogP contribution in [0.1, 0.15) is 36.0 Å². The average molecular weight is 291 g/mol. The summed E-state index contributed by atoms with van der Waals surface area (Å²) in [5.74, 6) is 1.90. The van der Waals surface area contributed by atoms with Crippen LogP contribution in [0.5, 0.6) is 5.75 Å². The fourth-order valence-corrected chi connectivity index (χ4v) is 2.05. The third-order valence-electron chi connectivity index (χ3n) is 3.34. The van der Waals surface area contributed by atoms with Gasteiger partial charge in [0, 0.05) is 18.2 Å². The molecule has 3 nitrogen and oxygen atoms in total. The topological polar surface area (TPSA) is 34.4 Å². The molecule has 2 rings (SSSR count). The number of benzene rings is 1. The van der Waals surface area contributed by atoms with E-state index in [0.29, 0.717) is 17.9 Å². The smallest absolute Gasteiger partial charge is 0.146 e. The van der Waals surface area contributed by atoms with Gasteiger partial charge in [-0.1, -0.05) is 13.0 Å². The Hall–Kier alpha value is -1.81. The third kappa shape index (κ3) is 4.33. The lowest BCUT2D eigenvalue weighted by Crippen LogP contribution is -2.13. The zero-order chi connectivity index (χ0) is 15.2. The summed E-state index contributed by atoms with van der Waals surface area (Å²) >= 11 is 0. The van der Waals surface area contributed by atoms with Gasteiger partial charge in [0.1, 0.15) is 29.7 Å². The van der Waals surface area contributed by atoms with E-state index in [2.05, 4.69) is 12.2 Å². The van der Waals surface area contributed by atoms with E-state index in [0.717, 1.165) is 36.6 Å². The molecule has 0 aliphatic carbocycles. The highest BCUT2D eigenvalue weighted by Gasteiger charge is 2.08. The predicted octanol–water partition coefficient (Wildman–Crippen LogP) is 4.11. The molecule has 114 valence electrons. The molecule has 1 aromatic carbocycles. The molecule has 0 aliphatic heterocycles. The molecule has 0 amide bonds. The van der Waals surface area contributed by atoms with Crippen LogP contribution in [0, 0.1) is 19.7 Å². The number of halogens is 1. The van der Waals surface area contributed by atoms with Crippen LogP contribution >= 0.6 is 0 Å². The number of ether oxygens (including phenoxy) is 1. The normalized spacial score (nSPS) is 10.9. The average Bonchev–Trinajstić information content (AvgIpc) is 2.81. The minimum atomic E-state index is -0.257. The molecule has 0 saturated carbocycles. The molecule has 1 N–H and O–H groups in total. The van der Waals surface area contributed by atoms with E-state index in [4.69, 9.17) is 9.15 Å². The van der Waals surface area contributed by atoms with Crippen LogP contribution in [-0.4, -0.2) is 6.54 Å². The molecule has 0 fully saturated rings. The second kappa shape index (κ2) is 7.27. The van der Waals surface area contributed by atoms with Crippen molar-refractivity contribution in [2.24, 2.45) is 0 Å². The summed E-state index contributed by atoms with van der Waals surface area (Å²) in [6.07, 6.45) is 1.10. The lowest BCUT2D eigenvalue weighted by molar-refractivity contribution is 0.266. The molecule has 0 unspecified atom stereocenters. The molecule has 0 spiro atoms. The Kier molecular flexibility index (Phi) is 5.39. The minimum Gasteiger partial charge on any atom is -0.486 e. The van der Waals surface area contributed by atoms with Crippen molar-refractivity contribution in [3.8, 4) is 5.75 Å². The van der Waals surface area contributed by atoms with Gasteiger partial charge < -0.3 is 14.5 Å². The Bertz CT molecular complexity index is 592. The second-order valence-corrected chi connectivity index (χ2v) is 5.17. The number of furan rings is 1. The molecule has 2 aromatic rings. The minimum absolute atomic E-state index is 0.257. The third-order valence-corrected chi connectivity index (χ3v) is 3.34. The number of nitrogens with one attached hydrogen (secondary N) is 1. The molecular formula is C17H22FNO2. The Labute approximate surface area is 125 Å². The highest BCUT2D eigenvalue weighted by Crippen LogP contribution is 2.19. The first-order valence-corrected chi connectivity index (χ1v) is 7.28. The molecule has 21 heavy (non-hydrogen) atoms. The molecule has 0 saturated heterocycles. The maximum absolute atomic E-state index is 13.4. The Morgan fingerprint density at radius 1 is 1.24 bits per heavy atom. The number of hydrogen-bond donors (Lipinski definition) is 1. The lowest BCUT2D eigenvalue weighted by atomic mass is 10.2. The van der Waals surface area contributed by atoms with E-state index in [1.54, 1.807) is 19.1 Å². The van der Waals surface area contributed by atoms with E-state index in [9.17, 15) is 4.39 Å². The van der Waals surface area contributed by atoms with Crippen LogP contribution in [0.4, 0.5) is 4.39 Å². The van der Waals surface area contributed by atoms with Crippen molar-refractivity contribution in [3.05, 3.63) is 52.7 Å². The number of hydrogen-bond acceptors (Lipinski definition) is 3. The fourth-order valence-electron chi connectivity index (χ4n) is 2.05. The maximum Gasteiger partial charge on any atom is 0.146 e. The number of rotatable bonds is 7. The summed E-state index contributed by atoms with van der Waals surface area (Å²) in [6, 6.07) is 6.85. The van der Waals surface area contributed by atoms with Crippen LogP contribution in [0.2, 0.25) is 0 Å².